The summed E-state index contributed by atoms with van der Waals surface area (Å²) in [5.74, 6) is -1.02. The minimum Gasteiger partial charge on any atom is -0.462 e. The average molecular weight is 895 g/mol. The second-order valence-electron chi connectivity index (χ2n) is 16.2. The van der Waals surface area contributed by atoms with E-state index < -0.39 is 6.10 Å². The maximum atomic E-state index is 12.8. The summed E-state index contributed by atoms with van der Waals surface area (Å²) >= 11 is 0. The van der Waals surface area contributed by atoms with Crippen molar-refractivity contribution < 1.29 is 28.6 Å². The molecule has 0 amide bonds. The summed E-state index contributed by atoms with van der Waals surface area (Å²) in [5.41, 5.74) is 0. The normalized spacial score (nSPS) is 13.3. The highest BCUT2D eigenvalue weighted by Crippen LogP contribution is 2.12. The molecule has 0 aromatic carbocycles. The second kappa shape index (κ2) is 51.9. The van der Waals surface area contributed by atoms with Gasteiger partial charge in [-0.25, -0.2) is 0 Å². The highest BCUT2D eigenvalue weighted by molar-refractivity contribution is 5.71. The molecule has 0 radical (unpaired) electrons. The Balaban J connectivity index is 4.58. The van der Waals surface area contributed by atoms with E-state index in [0.717, 1.165) is 122 Å². The highest BCUT2D eigenvalue weighted by atomic mass is 16.6. The minimum absolute atomic E-state index is 0.122. The maximum absolute atomic E-state index is 12.8. The van der Waals surface area contributed by atoms with Crippen LogP contribution in [0.15, 0.2) is 146 Å². The SMILES string of the molecule is CC\C=C/C=C\C=C/C=C\C=C/CCCCCC(=O)OC(COC(=O)CCCCCC/C=C\C/C=C\C/C=C\CC)COC(=O)CCCCCCC\C=C/C=C\C=C/C=C\CCCCC. The number of unbranched alkanes of at least 4 members (excludes halogenated alkanes) is 15. The third-order valence-electron chi connectivity index (χ3n) is 10.0. The fraction of sp³-hybridized carbons (Fsp3) is 0.542. The van der Waals surface area contributed by atoms with Gasteiger partial charge in [0.25, 0.3) is 0 Å². The maximum Gasteiger partial charge on any atom is 0.306 e. The van der Waals surface area contributed by atoms with E-state index in [1.54, 1.807) is 0 Å². The van der Waals surface area contributed by atoms with Crippen LogP contribution in [0.5, 0.6) is 0 Å². The number of hydrogen-bond acceptors (Lipinski definition) is 6. The summed E-state index contributed by atoms with van der Waals surface area (Å²) in [7, 11) is 0. The molecule has 0 saturated carbocycles. The van der Waals surface area contributed by atoms with Crippen LogP contribution in [0.2, 0.25) is 0 Å². The van der Waals surface area contributed by atoms with Crippen LogP contribution in [-0.4, -0.2) is 37.2 Å². The Morgan fingerprint density at radius 3 is 1.14 bits per heavy atom. The molecule has 0 N–H and O–H groups in total. The van der Waals surface area contributed by atoms with Gasteiger partial charge in [0.15, 0.2) is 6.10 Å². The van der Waals surface area contributed by atoms with Crippen LogP contribution >= 0.6 is 0 Å². The third-order valence-corrected chi connectivity index (χ3v) is 10.0. The Bertz CT molecular complexity index is 1490. The van der Waals surface area contributed by atoms with E-state index in [-0.39, 0.29) is 37.5 Å². The van der Waals surface area contributed by atoms with Crippen molar-refractivity contribution in [2.24, 2.45) is 0 Å². The van der Waals surface area contributed by atoms with E-state index in [9.17, 15) is 14.4 Å². The summed E-state index contributed by atoms with van der Waals surface area (Å²) in [5, 5.41) is 0. The highest BCUT2D eigenvalue weighted by Gasteiger charge is 2.19. The monoisotopic (exact) mass is 895 g/mol. The molecule has 0 aliphatic carbocycles. The molecule has 0 bridgehead atoms. The molecule has 362 valence electrons. The van der Waals surface area contributed by atoms with Crippen LogP contribution in [0, 0.1) is 0 Å². The molecule has 0 fully saturated rings. The molecule has 0 saturated heterocycles. The van der Waals surface area contributed by atoms with Gasteiger partial charge in [0, 0.05) is 19.3 Å². The first-order chi connectivity index (χ1) is 32.0. The van der Waals surface area contributed by atoms with Gasteiger partial charge in [-0.1, -0.05) is 218 Å². The predicted molar refractivity (Wildman–Crippen MR) is 279 cm³/mol. The number of rotatable bonds is 43. The molecule has 6 heteroatoms. The summed E-state index contributed by atoms with van der Waals surface area (Å²) in [4.78, 5) is 38.0. The number of ether oxygens (including phenoxy) is 3. The molecular formula is C59H90O6. The molecule has 1 atom stereocenters. The molecule has 0 spiro atoms. The van der Waals surface area contributed by atoms with Gasteiger partial charge in [-0.05, 0) is 96.3 Å². The summed E-state index contributed by atoms with van der Waals surface area (Å²) < 4.78 is 16.7. The first-order valence-corrected chi connectivity index (χ1v) is 25.5. The van der Waals surface area contributed by atoms with Gasteiger partial charge in [0.2, 0.25) is 0 Å². The van der Waals surface area contributed by atoms with Gasteiger partial charge in [-0.15, -0.1) is 0 Å². The number of hydrogen-bond donors (Lipinski definition) is 0. The lowest BCUT2D eigenvalue weighted by atomic mass is 10.1. The minimum atomic E-state index is -0.826. The van der Waals surface area contributed by atoms with Crippen molar-refractivity contribution >= 4 is 17.9 Å². The number of esters is 3. The van der Waals surface area contributed by atoms with Crippen molar-refractivity contribution in [3.05, 3.63) is 146 Å². The van der Waals surface area contributed by atoms with Crippen molar-refractivity contribution in [3.8, 4) is 0 Å². The Hall–Kier alpha value is -4.71. The Kier molecular flexibility index (Phi) is 48.2. The standard InChI is InChI=1S/C59H90O6/c1-4-7-10-13-16-19-22-25-28-29-30-32-34-37-40-43-46-49-52-58(61)64-55-56(54-63-57(60)51-48-45-42-39-36-33-27-24-21-18-15-12-9-6-3)65-59(62)53-50-47-44-41-38-35-31-26-23-20-17-14-11-8-5-2/h8-9,11-12,14,16-23,25-33,35,38,56H,4-7,10,13,15,24,34,36-37,39-55H2,1-3H3/b11-8-,12-9-,17-14-,19-16-,21-18-,23-20-,25-22-,29-28-,31-26-,32-30-,33-27-,38-35-. The van der Waals surface area contributed by atoms with Gasteiger partial charge in [0.05, 0.1) is 0 Å². The molecule has 1 unspecified atom stereocenters. The molecule has 0 aliphatic heterocycles. The molecule has 0 aliphatic rings. The molecule has 0 heterocycles. The molecule has 6 nitrogen and oxygen atoms in total. The molecule has 0 aromatic heterocycles. The zero-order valence-electron chi connectivity index (χ0n) is 41.2. The topological polar surface area (TPSA) is 78.9 Å². The van der Waals surface area contributed by atoms with E-state index in [0.29, 0.717) is 19.3 Å². The van der Waals surface area contributed by atoms with Crippen LogP contribution in [-0.2, 0) is 28.6 Å². The molecule has 0 rings (SSSR count). The molecular weight excluding hydrogens is 805 g/mol. The fourth-order valence-corrected chi connectivity index (χ4v) is 6.25. The number of allylic oxidation sites excluding steroid dienone is 24. The van der Waals surface area contributed by atoms with Crippen molar-refractivity contribution in [1.82, 2.24) is 0 Å². The predicted octanol–water partition coefficient (Wildman–Crippen LogP) is 16.9. The summed E-state index contributed by atoms with van der Waals surface area (Å²) in [6.07, 6.45) is 73.9. The zero-order chi connectivity index (χ0) is 47.2. The van der Waals surface area contributed by atoms with Gasteiger partial charge in [-0.2, -0.15) is 0 Å². The quantitative estimate of drug-likeness (QED) is 0.0199. The summed E-state index contributed by atoms with van der Waals surface area (Å²) in [6, 6.07) is 0. The first-order valence-electron chi connectivity index (χ1n) is 25.5. The lowest BCUT2D eigenvalue weighted by Gasteiger charge is -2.18. The number of carbonyl (C=O) groups excluding carboxylic acids is 3. The van der Waals surface area contributed by atoms with Crippen molar-refractivity contribution in [3.63, 3.8) is 0 Å². The van der Waals surface area contributed by atoms with E-state index in [2.05, 4.69) is 118 Å². The zero-order valence-corrected chi connectivity index (χ0v) is 41.2. The summed E-state index contributed by atoms with van der Waals surface area (Å²) in [6.45, 7) is 6.24. The Morgan fingerprint density at radius 2 is 0.677 bits per heavy atom. The molecule has 65 heavy (non-hydrogen) atoms. The molecule has 0 aromatic rings. The van der Waals surface area contributed by atoms with Crippen LogP contribution in [0.25, 0.3) is 0 Å². The average Bonchev–Trinajstić information content (AvgIpc) is 3.30. The van der Waals surface area contributed by atoms with Gasteiger partial charge in [-0.3, -0.25) is 14.4 Å². The van der Waals surface area contributed by atoms with Crippen LogP contribution < -0.4 is 0 Å². The largest absolute Gasteiger partial charge is 0.462 e. The Labute approximate surface area is 397 Å². The fourth-order valence-electron chi connectivity index (χ4n) is 6.25. The number of carbonyl (C=O) groups is 3. The second-order valence-corrected chi connectivity index (χ2v) is 16.2. The van der Waals surface area contributed by atoms with Crippen LogP contribution in [0.1, 0.15) is 188 Å². The first kappa shape index (κ1) is 60.3. The van der Waals surface area contributed by atoms with Gasteiger partial charge in [0.1, 0.15) is 13.2 Å². The Morgan fingerprint density at radius 1 is 0.338 bits per heavy atom. The smallest absolute Gasteiger partial charge is 0.306 e. The van der Waals surface area contributed by atoms with Crippen LogP contribution in [0.3, 0.4) is 0 Å². The van der Waals surface area contributed by atoms with E-state index >= 15 is 0 Å². The van der Waals surface area contributed by atoms with Crippen molar-refractivity contribution in [2.75, 3.05) is 13.2 Å². The third kappa shape index (κ3) is 50.2. The van der Waals surface area contributed by atoms with Crippen LogP contribution in [0.4, 0.5) is 0 Å². The van der Waals surface area contributed by atoms with E-state index in [1.165, 1.54) is 19.3 Å². The lowest BCUT2D eigenvalue weighted by molar-refractivity contribution is -0.167. The van der Waals surface area contributed by atoms with E-state index in [4.69, 9.17) is 14.2 Å². The van der Waals surface area contributed by atoms with Gasteiger partial charge >= 0.3 is 17.9 Å². The van der Waals surface area contributed by atoms with Crippen molar-refractivity contribution in [1.29, 1.82) is 0 Å². The van der Waals surface area contributed by atoms with Crippen molar-refractivity contribution in [2.45, 2.75) is 194 Å². The van der Waals surface area contributed by atoms with E-state index in [1.807, 2.05) is 48.6 Å². The van der Waals surface area contributed by atoms with Gasteiger partial charge < -0.3 is 14.2 Å². The lowest BCUT2D eigenvalue weighted by Crippen LogP contribution is -2.30.